The summed E-state index contributed by atoms with van der Waals surface area (Å²) in [6.45, 7) is 1.70. The van der Waals surface area contributed by atoms with Crippen molar-refractivity contribution in [3.05, 3.63) is 0 Å². The number of methoxy groups -OCH3 is 2. The summed E-state index contributed by atoms with van der Waals surface area (Å²) in [5.74, 6) is -3.09. The largest absolute Gasteiger partial charge is 0.465 e. The van der Waals surface area contributed by atoms with Gasteiger partial charge in [-0.25, -0.2) is 4.79 Å². The van der Waals surface area contributed by atoms with Crippen LogP contribution in [0.4, 0.5) is 0 Å². The summed E-state index contributed by atoms with van der Waals surface area (Å²) < 4.78 is 26.3. The first kappa shape index (κ1) is 24.6. The maximum Gasteiger partial charge on any atom is 0.366 e. The molecule has 0 aromatic rings. The van der Waals surface area contributed by atoms with Crippen LogP contribution in [-0.2, 0) is 32.8 Å². The third-order valence-electron chi connectivity index (χ3n) is 4.61. The molecule has 1 heterocycles. The topological polar surface area (TPSA) is 139 Å². The average molecular weight is 428 g/mol. The predicted octanol–water partition coefficient (Wildman–Crippen LogP) is -0.896. The summed E-state index contributed by atoms with van der Waals surface area (Å²) in [6, 6.07) is -0.624. The molecule has 1 amide bonds. The molecule has 0 aromatic carbocycles. The highest BCUT2D eigenvalue weighted by atomic mass is 31.0. The highest BCUT2D eigenvalue weighted by Crippen LogP contribution is 2.38. The predicted molar refractivity (Wildman–Crippen MR) is 102 cm³/mol. The molecule has 0 saturated carbocycles. The number of aliphatic hydroxyl groups excluding tert-OH is 1. The molecule has 0 aliphatic carbocycles. The van der Waals surface area contributed by atoms with Crippen LogP contribution in [0.5, 0.6) is 0 Å². The Bertz CT molecular complexity index is 500. The number of rotatable bonds is 10. The molecule has 27 heavy (non-hydrogen) atoms. The molecule has 0 spiro atoms. The minimum absolute atomic E-state index is 0.0295. The van der Waals surface area contributed by atoms with E-state index in [2.05, 4.69) is 24.3 Å². The van der Waals surface area contributed by atoms with Crippen LogP contribution in [0.3, 0.4) is 0 Å². The van der Waals surface area contributed by atoms with Gasteiger partial charge in [-0.05, 0) is 18.9 Å². The number of nitrogens with one attached hydrogen (secondary N) is 1. The van der Waals surface area contributed by atoms with Crippen molar-refractivity contribution in [3.8, 4) is 0 Å². The Kier molecular flexibility index (Phi) is 10.5. The van der Waals surface area contributed by atoms with Gasteiger partial charge in [0.1, 0.15) is 18.3 Å². The molecule has 3 unspecified atom stereocenters. The summed E-state index contributed by atoms with van der Waals surface area (Å²) in [5.41, 5.74) is 5.72. The van der Waals surface area contributed by atoms with Crippen molar-refractivity contribution in [1.82, 2.24) is 5.32 Å². The lowest BCUT2D eigenvalue weighted by atomic mass is 9.80. The maximum absolute atomic E-state index is 12.4. The van der Waals surface area contributed by atoms with Crippen molar-refractivity contribution < 1.29 is 38.0 Å². The van der Waals surface area contributed by atoms with Crippen LogP contribution < -0.4 is 11.1 Å². The van der Waals surface area contributed by atoms with Gasteiger partial charge in [0.15, 0.2) is 0 Å². The fourth-order valence-electron chi connectivity index (χ4n) is 3.32. The van der Waals surface area contributed by atoms with Crippen LogP contribution in [-0.4, -0.2) is 74.5 Å². The zero-order valence-corrected chi connectivity index (χ0v) is 18.1. The molecular formula is C15H30N2O8P2. The fraction of sp³-hybridized carbons (Fsp3) is 0.867. The van der Waals surface area contributed by atoms with Crippen molar-refractivity contribution in [1.29, 1.82) is 0 Å². The Morgan fingerprint density at radius 3 is 2.52 bits per heavy atom. The van der Waals surface area contributed by atoms with E-state index < -0.39 is 36.1 Å². The number of carbonyl (C=O) groups is 2. The van der Waals surface area contributed by atoms with Crippen LogP contribution in [0.2, 0.25) is 0 Å². The van der Waals surface area contributed by atoms with Gasteiger partial charge < -0.3 is 39.4 Å². The second-order valence-electron chi connectivity index (χ2n) is 6.30. The lowest BCUT2D eigenvalue weighted by molar-refractivity contribution is -0.298. The van der Waals surface area contributed by atoms with E-state index in [9.17, 15) is 14.7 Å². The first-order chi connectivity index (χ1) is 12.8. The van der Waals surface area contributed by atoms with Gasteiger partial charge in [0.05, 0.1) is 19.8 Å². The minimum Gasteiger partial charge on any atom is -0.465 e. The molecule has 0 bridgehead atoms. The van der Waals surface area contributed by atoms with E-state index in [0.717, 1.165) is 0 Å². The van der Waals surface area contributed by atoms with Crippen molar-refractivity contribution in [2.24, 2.45) is 11.7 Å². The third-order valence-corrected chi connectivity index (χ3v) is 5.15. The molecule has 1 rings (SSSR count). The molecule has 8 atom stereocenters. The Balaban J connectivity index is 3.33. The molecule has 1 aliphatic rings. The van der Waals surface area contributed by atoms with Crippen molar-refractivity contribution in [3.63, 3.8) is 0 Å². The first-order valence-corrected chi connectivity index (χ1v) is 9.38. The highest BCUT2D eigenvalue weighted by molar-refractivity contribution is 7.10. The smallest absolute Gasteiger partial charge is 0.366 e. The Labute approximate surface area is 163 Å². The first-order valence-electron chi connectivity index (χ1n) is 8.44. The summed E-state index contributed by atoms with van der Waals surface area (Å²) in [4.78, 5) is 24.1. The molecule has 1 aliphatic heterocycles. The minimum atomic E-state index is -1.73. The van der Waals surface area contributed by atoms with Gasteiger partial charge in [-0.2, -0.15) is 0 Å². The van der Waals surface area contributed by atoms with E-state index in [4.69, 9.17) is 29.0 Å². The lowest BCUT2D eigenvalue weighted by Crippen LogP contribution is -2.66. The Morgan fingerprint density at radius 2 is 2.07 bits per heavy atom. The van der Waals surface area contributed by atoms with Crippen molar-refractivity contribution >= 4 is 30.8 Å². The van der Waals surface area contributed by atoms with Crippen molar-refractivity contribution in [2.75, 3.05) is 27.4 Å². The quantitative estimate of drug-likeness (QED) is 0.299. The molecule has 10 nitrogen and oxygen atoms in total. The highest BCUT2D eigenvalue weighted by Gasteiger charge is 2.55. The molecule has 0 aromatic heterocycles. The Hall–Kier alpha value is -0.440. The van der Waals surface area contributed by atoms with Crippen LogP contribution in [0.1, 0.15) is 19.8 Å². The van der Waals surface area contributed by atoms with Gasteiger partial charge in [-0.15, -0.1) is 0 Å². The van der Waals surface area contributed by atoms with Crippen LogP contribution >= 0.6 is 18.9 Å². The molecular weight excluding hydrogens is 398 g/mol. The summed E-state index contributed by atoms with van der Waals surface area (Å²) >= 11 is 0. The lowest BCUT2D eigenvalue weighted by Gasteiger charge is -2.48. The van der Waals surface area contributed by atoms with E-state index in [1.54, 1.807) is 0 Å². The molecule has 12 heteroatoms. The average Bonchev–Trinajstić information content (AvgIpc) is 2.65. The molecule has 0 radical (unpaired) electrons. The zero-order valence-electron chi connectivity index (χ0n) is 15.8. The second kappa shape index (κ2) is 11.5. The van der Waals surface area contributed by atoms with Crippen LogP contribution in [0.15, 0.2) is 0 Å². The summed E-state index contributed by atoms with van der Waals surface area (Å²) in [5, 5.41) is 13.7. The summed E-state index contributed by atoms with van der Waals surface area (Å²) in [7, 11) is 6.65. The zero-order chi connectivity index (χ0) is 20.6. The number of amides is 1. The monoisotopic (exact) mass is 428 g/mol. The van der Waals surface area contributed by atoms with Crippen molar-refractivity contribution in [2.45, 2.75) is 49.9 Å². The number of carbonyl (C=O) groups excluding carboxylic acids is 2. The van der Waals surface area contributed by atoms with E-state index in [-0.39, 0.29) is 24.9 Å². The molecule has 4 N–H and O–H groups in total. The van der Waals surface area contributed by atoms with E-state index >= 15 is 0 Å². The SMILES string of the molecule is COC(=O)C1(OC)C[C@H](CCN)[C@@H](NC(C)=O)[C@H]([C@H](O)[C@@H](COP)OP)O1. The normalized spacial score (nSPS) is 30.4. The van der Waals surface area contributed by atoms with E-state index in [0.29, 0.717) is 13.0 Å². The number of aliphatic hydroxyl groups is 1. The Morgan fingerprint density at radius 1 is 1.41 bits per heavy atom. The van der Waals surface area contributed by atoms with Gasteiger partial charge in [0.2, 0.25) is 5.91 Å². The molecule has 1 saturated heterocycles. The van der Waals surface area contributed by atoms with E-state index in [1.807, 2.05) is 0 Å². The number of ether oxygens (including phenoxy) is 3. The number of hydrogen-bond acceptors (Lipinski definition) is 9. The number of nitrogens with two attached hydrogens (primary N) is 1. The fourth-order valence-corrected chi connectivity index (χ4v) is 3.75. The van der Waals surface area contributed by atoms with Crippen LogP contribution in [0.25, 0.3) is 0 Å². The second-order valence-corrected chi connectivity index (χ2v) is 6.90. The third kappa shape index (κ3) is 6.02. The van der Waals surface area contributed by atoms with Gasteiger partial charge >= 0.3 is 5.97 Å². The standard InChI is InChI=1S/C15H30N2O8P2/c1-8(18)17-11-9(4-5-16)6-15(22-3,14(20)21-2)24-13(11)12(19)10(25-27)7-23-26/h9-13,19H,4-7,16,26-27H2,1-3H3,(H,17,18)/t9-,10+,11+,12+,13+,15?/m0/s1. The summed E-state index contributed by atoms with van der Waals surface area (Å²) in [6.07, 6.45) is -2.53. The number of hydrogen-bond donors (Lipinski definition) is 3. The van der Waals surface area contributed by atoms with Gasteiger partial charge in [-0.3, -0.25) is 4.79 Å². The maximum atomic E-state index is 12.4. The number of esters is 1. The van der Waals surface area contributed by atoms with Gasteiger partial charge in [0, 0.05) is 39.4 Å². The van der Waals surface area contributed by atoms with Gasteiger partial charge in [0.25, 0.3) is 5.79 Å². The molecule has 1 fully saturated rings. The van der Waals surface area contributed by atoms with Crippen LogP contribution in [0, 0.1) is 5.92 Å². The van der Waals surface area contributed by atoms with Gasteiger partial charge in [-0.1, -0.05) is 0 Å². The van der Waals surface area contributed by atoms with E-state index in [1.165, 1.54) is 21.1 Å². The molecule has 158 valence electrons.